The van der Waals surface area contributed by atoms with E-state index in [-0.39, 0.29) is 24.0 Å². The smallest absolute Gasteiger partial charge is 0.227 e. The lowest BCUT2D eigenvalue weighted by atomic mass is 10.0. The Kier molecular flexibility index (Phi) is 5.68. The van der Waals surface area contributed by atoms with Crippen molar-refractivity contribution < 1.29 is 19.0 Å². The molecule has 0 aliphatic carbocycles. The van der Waals surface area contributed by atoms with E-state index in [1.807, 2.05) is 0 Å². The monoisotopic (exact) mass is 232 g/mol. The maximum atomic E-state index is 11.7. The third-order valence-electron chi connectivity index (χ3n) is 2.65. The zero-order valence-corrected chi connectivity index (χ0v) is 9.77. The minimum Gasteiger partial charge on any atom is -0.382 e. The van der Waals surface area contributed by atoms with Crippen LogP contribution in [-0.2, 0) is 19.0 Å². The average Bonchev–Trinajstić information content (AvgIpc) is 2.70. The molecule has 0 saturated carbocycles. The van der Waals surface area contributed by atoms with Crippen molar-refractivity contribution in [2.75, 3.05) is 40.6 Å². The molecule has 6 nitrogen and oxygen atoms in total. The number of hydrogen-bond acceptors (Lipinski definition) is 5. The lowest BCUT2D eigenvalue weighted by Crippen LogP contribution is -2.44. The Hall–Kier alpha value is -0.690. The van der Waals surface area contributed by atoms with Gasteiger partial charge in [0.25, 0.3) is 0 Å². The first-order chi connectivity index (χ1) is 7.69. The summed E-state index contributed by atoms with van der Waals surface area (Å²) in [7, 11) is 3.18. The summed E-state index contributed by atoms with van der Waals surface area (Å²) in [4.78, 5) is 11.7. The van der Waals surface area contributed by atoms with E-state index in [4.69, 9.17) is 19.9 Å². The van der Waals surface area contributed by atoms with Crippen molar-refractivity contribution in [3.8, 4) is 0 Å². The van der Waals surface area contributed by atoms with Crippen molar-refractivity contribution in [3.05, 3.63) is 0 Å². The van der Waals surface area contributed by atoms with Gasteiger partial charge in [-0.1, -0.05) is 0 Å². The van der Waals surface area contributed by atoms with Crippen molar-refractivity contribution in [1.29, 1.82) is 0 Å². The molecule has 3 unspecified atom stereocenters. The lowest BCUT2D eigenvalue weighted by Gasteiger charge is -2.18. The molecule has 0 aromatic carbocycles. The molecule has 1 fully saturated rings. The predicted octanol–water partition coefficient (Wildman–Crippen LogP) is -1.26. The van der Waals surface area contributed by atoms with Crippen LogP contribution in [0, 0.1) is 5.92 Å². The fourth-order valence-corrected chi connectivity index (χ4v) is 1.58. The van der Waals surface area contributed by atoms with E-state index >= 15 is 0 Å². The summed E-state index contributed by atoms with van der Waals surface area (Å²) in [6.45, 7) is 1.72. The highest BCUT2D eigenvalue weighted by molar-refractivity contribution is 5.79. The number of hydrogen-bond donors (Lipinski definition) is 2. The van der Waals surface area contributed by atoms with Crippen LogP contribution in [0.25, 0.3) is 0 Å². The Morgan fingerprint density at radius 3 is 2.81 bits per heavy atom. The molecular formula is C10H20N2O4. The van der Waals surface area contributed by atoms with Crippen LogP contribution in [0.5, 0.6) is 0 Å². The van der Waals surface area contributed by atoms with Gasteiger partial charge in [-0.2, -0.15) is 0 Å². The van der Waals surface area contributed by atoms with Gasteiger partial charge in [0.05, 0.1) is 31.8 Å². The minimum absolute atomic E-state index is 0.0804. The number of rotatable bonds is 6. The van der Waals surface area contributed by atoms with Crippen LogP contribution in [-0.4, -0.2) is 58.6 Å². The molecule has 0 radical (unpaired) electrons. The van der Waals surface area contributed by atoms with E-state index in [9.17, 15) is 4.79 Å². The van der Waals surface area contributed by atoms with Crippen LogP contribution >= 0.6 is 0 Å². The molecule has 0 bridgehead atoms. The Bertz CT molecular complexity index is 225. The van der Waals surface area contributed by atoms with E-state index in [2.05, 4.69) is 5.32 Å². The molecule has 1 aliphatic rings. The number of nitrogens with two attached hydrogens (primary N) is 1. The van der Waals surface area contributed by atoms with Crippen molar-refractivity contribution in [2.45, 2.75) is 12.1 Å². The zero-order valence-electron chi connectivity index (χ0n) is 9.77. The van der Waals surface area contributed by atoms with Gasteiger partial charge < -0.3 is 25.3 Å². The molecule has 16 heavy (non-hydrogen) atoms. The Morgan fingerprint density at radius 2 is 2.31 bits per heavy atom. The van der Waals surface area contributed by atoms with E-state index in [1.165, 1.54) is 0 Å². The molecule has 1 rings (SSSR count). The van der Waals surface area contributed by atoms with Crippen LogP contribution in [0.15, 0.2) is 0 Å². The fourth-order valence-electron chi connectivity index (χ4n) is 1.58. The molecule has 3 atom stereocenters. The van der Waals surface area contributed by atoms with E-state index in [0.29, 0.717) is 26.4 Å². The summed E-state index contributed by atoms with van der Waals surface area (Å²) in [5, 5.41) is 2.79. The lowest BCUT2D eigenvalue weighted by molar-refractivity contribution is -0.126. The molecule has 1 saturated heterocycles. The van der Waals surface area contributed by atoms with Crippen LogP contribution in [0.4, 0.5) is 0 Å². The summed E-state index contributed by atoms with van der Waals surface area (Å²) in [6.07, 6.45) is -0.132. The average molecular weight is 232 g/mol. The van der Waals surface area contributed by atoms with Crippen molar-refractivity contribution in [2.24, 2.45) is 11.7 Å². The van der Waals surface area contributed by atoms with Gasteiger partial charge in [0, 0.05) is 26.8 Å². The zero-order chi connectivity index (χ0) is 12.0. The predicted molar refractivity (Wildman–Crippen MR) is 58.0 cm³/mol. The number of methoxy groups -OCH3 is 2. The first-order valence-electron chi connectivity index (χ1n) is 5.31. The number of nitrogens with one attached hydrogen (secondary N) is 1. The number of ether oxygens (including phenoxy) is 3. The normalized spacial score (nSPS) is 26.7. The van der Waals surface area contributed by atoms with Gasteiger partial charge in [0.1, 0.15) is 0 Å². The first-order valence-corrected chi connectivity index (χ1v) is 5.31. The largest absolute Gasteiger partial charge is 0.382 e. The van der Waals surface area contributed by atoms with Crippen LogP contribution < -0.4 is 11.1 Å². The molecule has 6 heteroatoms. The van der Waals surface area contributed by atoms with Crippen molar-refractivity contribution >= 4 is 5.91 Å². The van der Waals surface area contributed by atoms with Crippen LogP contribution in [0.1, 0.15) is 0 Å². The quantitative estimate of drug-likeness (QED) is 0.597. The van der Waals surface area contributed by atoms with Crippen LogP contribution in [0.2, 0.25) is 0 Å². The number of amides is 1. The molecular weight excluding hydrogens is 212 g/mol. The SMILES string of the molecule is COCC(CNC(=O)C1COCC1N)OC. The molecule has 3 N–H and O–H groups in total. The summed E-state index contributed by atoms with van der Waals surface area (Å²) >= 11 is 0. The van der Waals surface area contributed by atoms with Gasteiger partial charge in [0.2, 0.25) is 5.91 Å². The highest BCUT2D eigenvalue weighted by atomic mass is 16.5. The standard InChI is InChI=1S/C10H20N2O4/c1-14-4-7(15-2)3-12-10(13)8-5-16-6-9(8)11/h7-9H,3-6,11H2,1-2H3,(H,12,13). The van der Waals surface area contributed by atoms with Gasteiger partial charge in [0.15, 0.2) is 0 Å². The van der Waals surface area contributed by atoms with Gasteiger partial charge in [-0.15, -0.1) is 0 Å². The third kappa shape index (κ3) is 3.71. The van der Waals surface area contributed by atoms with Gasteiger partial charge in [-0.3, -0.25) is 4.79 Å². The second-order valence-corrected chi connectivity index (χ2v) is 3.87. The summed E-state index contributed by atoms with van der Waals surface area (Å²) < 4.78 is 15.2. The molecule has 94 valence electrons. The van der Waals surface area contributed by atoms with E-state index < -0.39 is 0 Å². The van der Waals surface area contributed by atoms with E-state index in [1.54, 1.807) is 14.2 Å². The topological polar surface area (TPSA) is 82.8 Å². The summed E-state index contributed by atoms with van der Waals surface area (Å²) in [5.41, 5.74) is 5.74. The van der Waals surface area contributed by atoms with Crippen LogP contribution in [0.3, 0.4) is 0 Å². The second kappa shape index (κ2) is 6.80. The summed E-state index contributed by atoms with van der Waals surface area (Å²) in [5.74, 6) is -0.330. The third-order valence-corrected chi connectivity index (χ3v) is 2.65. The van der Waals surface area contributed by atoms with Crippen molar-refractivity contribution in [3.63, 3.8) is 0 Å². The minimum atomic E-state index is -0.250. The molecule has 1 amide bonds. The maximum Gasteiger partial charge on any atom is 0.227 e. The molecule has 1 aliphatic heterocycles. The van der Waals surface area contributed by atoms with Gasteiger partial charge in [-0.05, 0) is 0 Å². The Morgan fingerprint density at radius 1 is 1.56 bits per heavy atom. The van der Waals surface area contributed by atoms with Gasteiger partial charge in [-0.25, -0.2) is 0 Å². The Balaban J connectivity index is 2.28. The number of carbonyl (C=O) groups excluding carboxylic acids is 1. The maximum absolute atomic E-state index is 11.7. The second-order valence-electron chi connectivity index (χ2n) is 3.87. The van der Waals surface area contributed by atoms with E-state index in [0.717, 1.165) is 0 Å². The fraction of sp³-hybridized carbons (Fsp3) is 0.900. The molecule has 0 spiro atoms. The highest BCUT2D eigenvalue weighted by Crippen LogP contribution is 2.11. The number of carbonyl (C=O) groups is 1. The summed E-state index contributed by atoms with van der Waals surface area (Å²) in [6, 6.07) is -0.205. The first kappa shape index (κ1) is 13.4. The molecule has 0 aromatic rings. The Labute approximate surface area is 95.4 Å². The van der Waals surface area contributed by atoms with Crippen molar-refractivity contribution in [1.82, 2.24) is 5.32 Å². The van der Waals surface area contributed by atoms with Gasteiger partial charge >= 0.3 is 0 Å². The highest BCUT2D eigenvalue weighted by Gasteiger charge is 2.31. The molecule has 1 heterocycles. The molecule has 0 aromatic heterocycles.